The quantitative estimate of drug-likeness (QED) is 0.277. The molecule has 2 amide bonds. The predicted molar refractivity (Wildman–Crippen MR) is 119 cm³/mol. The van der Waals surface area contributed by atoms with Crippen molar-refractivity contribution in [2.45, 2.75) is 83.1 Å². The highest BCUT2D eigenvalue weighted by Crippen LogP contribution is 2.58. The number of esters is 1. The minimum atomic E-state index is -0.977. The number of carbonyl (C=O) groups is 3. The van der Waals surface area contributed by atoms with E-state index < -0.39 is 29.4 Å². The van der Waals surface area contributed by atoms with Crippen LogP contribution < -0.4 is 0 Å². The Labute approximate surface area is 190 Å². The smallest absolute Gasteiger partial charge is 0.312 e. The molecule has 2 unspecified atom stereocenters. The summed E-state index contributed by atoms with van der Waals surface area (Å²) in [5.41, 5.74) is -0.977. The number of aliphatic hydroxyl groups excluding tert-OH is 1. The minimum absolute atomic E-state index is 0.0584. The number of ether oxygens (including phenoxy) is 2. The summed E-state index contributed by atoms with van der Waals surface area (Å²) in [4.78, 5) is 43.7. The van der Waals surface area contributed by atoms with Gasteiger partial charge in [-0.15, -0.1) is 6.58 Å². The summed E-state index contributed by atoms with van der Waals surface area (Å²) in [5, 5.41) is 9.02. The summed E-state index contributed by atoms with van der Waals surface area (Å²) in [6.07, 6.45) is 5.72. The summed E-state index contributed by atoms with van der Waals surface area (Å²) in [6, 6.07) is -0.804. The van der Waals surface area contributed by atoms with Crippen molar-refractivity contribution in [3.8, 4) is 0 Å². The van der Waals surface area contributed by atoms with Gasteiger partial charge in [0.2, 0.25) is 11.8 Å². The average molecular weight is 451 g/mol. The molecule has 32 heavy (non-hydrogen) atoms. The van der Waals surface area contributed by atoms with Crippen LogP contribution in [0, 0.1) is 11.8 Å². The molecule has 0 saturated carbocycles. The number of rotatable bonds is 12. The second kappa shape index (κ2) is 10.3. The van der Waals surface area contributed by atoms with E-state index in [1.165, 1.54) is 0 Å². The largest absolute Gasteiger partial charge is 0.466 e. The van der Waals surface area contributed by atoms with Gasteiger partial charge in [-0.05, 0) is 46.5 Å². The molecule has 0 aromatic heterocycles. The number of unbranched alkanes of at least 4 members (excludes halogenated alkanes) is 3. The molecule has 3 saturated heterocycles. The third-order valence-corrected chi connectivity index (χ3v) is 7.13. The maximum Gasteiger partial charge on any atom is 0.312 e. The van der Waals surface area contributed by atoms with Crippen LogP contribution in [0.15, 0.2) is 12.7 Å². The van der Waals surface area contributed by atoms with Crippen molar-refractivity contribution in [1.29, 1.82) is 0 Å². The maximum absolute atomic E-state index is 13.9. The molecule has 3 aliphatic rings. The van der Waals surface area contributed by atoms with Crippen LogP contribution in [-0.4, -0.2) is 82.8 Å². The van der Waals surface area contributed by atoms with E-state index in [1.807, 2.05) is 13.8 Å². The van der Waals surface area contributed by atoms with Crippen LogP contribution >= 0.6 is 0 Å². The molecule has 3 aliphatic heterocycles. The van der Waals surface area contributed by atoms with Crippen molar-refractivity contribution in [2.24, 2.45) is 11.8 Å². The molecule has 3 fully saturated rings. The van der Waals surface area contributed by atoms with Crippen molar-refractivity contribution >= 4 is 17.8 Å². The van der Waals surface area contributed by atoms with Crippen molar-refractivity contribution in [3.63, 3.8) is 0 Å². The van der Waals surface area contributed by atoms with E-state index in [4.69, 9.17) is 14.6 Å². The predicted octanol–water partition coefficient (Wildman–Crippen LogP) is 1.90. The van der Waals surface area contributed by atoms with Gasteiger partial charge in [-0.25, -0.2) is 0 Å². The van der Waals surface area contributed by atoms with Gasteiger partial charge in [-0.3, -0.25) is 14.4 Å². The first-order valence-electron chi connectivity index (χ1n) is 12.0. The van der Waals surface area contributed by atoms with Crippen molar-refractivity contribution < 1.29 is 29.0 Å². The van der Waals surface area contributed by atoms with Gasteiger partial charge in [-0.2, -0.15) is 0 Å². The minimum Gasteiger partial charge on any atom is -0.466 e. The second-order valence-corrected chi connectivity index (χ2v) is 9.35. The first-order chi connectivity index (χ1) is 15.3. The van der Waals surface area contributed by atoms with E-state index in [-0.39, 0.29) is 37.2 Å². The van der Waals surface area contributed by atoms with Crippen LogP contribution in [0.1, 0.15) is 59.3 Å². The maximum atomic E-state index is 13.9. The van der Waals surface area contributed by atoms with E-state index in [9.17, 15) is 14.4 Å². The van der Waals surface area contributed by atoms with Crippen molar-refractivity contribution in [1.82, 2.24) is 9.80 Å². The third kappa shape index (κ3) is 4.19. The van der Waals surface area contributed by atoms with Gasteiger partial charge in [-0.1, -0.05) is 18.9 Å². The first kappa shape index (κ1) is 24.7. The number of hydrogen-bond donors (Lipinski definition) is 1. The Morgan fingerprint density at radius 1 is 1.34 bits per heavy atom. The average Bonchev–Trinajstić information content (AvgIpc) is 3.39. The number of nitrogens with zero attached hydrogens (tertiary/aromatic N) is 2. The lowest BCUT2D eigenvalue weighted by Gasteiger charge is -2.38. The van der Waals surface area contributed by atoms with Gasteiger partial charge in [0.1, 0.15) is 11.6 Å². The second-order valence-electron chi connectivity index (χ2n) is 9.35. The van der Waals surface area contributed by atoms with Gasteiger partial charge >= 0.3 is 5.97 Å². The SMILES string of the molecule is C=CCN(C(=O)C1N(CCCCCCO)C(=O)[C@@H]2[C@@H](C(=O)OCC)[C@H]3CCC12O3)C(C)C. The normalized spacial score (nSPS) is 30.7. The number of carbonyl (C=O) groups excluding carboxylic acids is 3. The van der Waals surface area contributed by atoms with Crippen LogP contribution in [-0.2, 0) is 23.9 Å². The highest BCUT2D eigenvalue weighted by atomic mass is 16.6. The standard InChI is InChI=1S/C24H38N2O6/c1-5-13-25(16(3)4)22(29)20-24-12-11-17(32-24)18(23(30)31-6-2)19(24)21(28)26(20)14-9-7-8-10-15-27/h5,16-20,27H,1,6-15H2,2-4H3/t17-,18+,19+,20?,24?/m1/s1. The molecule has 3 rings (SSSR count). The Balaban J connectivity index is 1.93. The van der Waals surface area contributed by atoms with Crippen LogP contribution in [0.25, 0.3) is 0 Å². The highest BCUT2D eigenvalue weighted by Gasteiger charge is 2.75. The van der Waals surface area contributed by atoms with Crippen molar-refractivity contribution in [3.05, 3.63) is 12.7 Å². The van der Waals surface area contributed by atoms with Crippen LogP contribution in [0.3, 0.4) is 0 Å². The molecule has 0 aromatic carbocycles. The first-order valence-corrected chi connectivity index (χ1v) is 12.0. The number of likely N-dealkylation sites (tertiary alicyclic amines) is 1. The number of aliphatic hydroxyl groups is 1. The molecule has 180 valence electrons. The molecular formula is C24H38N2O6. The lowest BCUT2D eigenvalue weighted by atomic mass is 9.70. The lowest BCUT2D eigenvalue weighted by molar-refractivity contribution is -0.155. The summed E-state index contributed by atoms with van der Waals surface area (Å²) in [7, 11) is 0. The summed E-state index contributed by atoms with van der Waals surface area (Å²) in [5.74, 6) is -2.05. The van der Waals surface area contributed by atoms with Crippen LogP contribution in [0.5, 0.6) is 0 Å². The van der Waals surface area contributed by atoms with Gasteiger partial charge < -0.3 is 24.4 Å². The van der Waals surface area contributed by atoms with E-state index in [1.54, 1.807) is 22.8 Å². The van der Waals surface area contributed by atoms with E-state index in [0.717, 1.165) is 25.7 Å². The Hall–Kier alpha value is -1.93. The van der Waals surface area contributed by atoms with Gasteiger partial charge in [0.05, 0.1) is 24.5 Å². The van der Waals surface area contributed by atoms with Gasteiger partial charge in [0.25, 0.3) is 0 Å². The van der Waals surface area contributed by atoms with Crippen LogP contribution in [0.4, 0.5) is 0 Å². The molecule has 5 atom stereocenters. The number of hydrogen-bond acceptors (Lipinski definition) is 6. The zero-order valence-electron chi connectivity index (χ0n) is 19.6. The fourth-order valence-electron chi connectivity index (χ4n) is 5.78. The monoisotopic (exact) mass is 450 g/mol. The van der Waals surface area contributed by atoms with Gasteiger partial charge in [0, 0.05) is 25.7 Å². The zero-order valence-corrected chi connectivity index (χ0v) is 19.6. The Morgan fingerprint density at radius 3 is 2.69 bits per heavy atom. The zero-order chi connectivity index (χ0) is 23.5. The number of fused-ring (bicyclic) bond motifs is 1. The Morgan fingerprint density at radius 2 is 2.06 bits per heavy atom. The fourth-order valence-corrected chi connectivity index (χ4v) is 5.78. The summed E-state index contributed by atoms with van der Waals surface area (Å²) >= 11 is 0. The molecule has 0 aromatic rings. The van der Waals surface area contributed by atoms with Crippen molar-refractivity contribution in [2.75, 3.05) is 26.3 Å². The summed E-state index contributed by atoms with van der Waals surface area (Å²) < 4.78 is 11.7. The highest BCUT2D eigenvalue weighted by molar-refractivity contribution is 5.98. The van der Waals surface area contributed by atoms with Crippen LogP contribution in [0.2, 0.25) is 0 Å². The topological polar surface area (TPSA) is 96.4 Å². The molecule has 8 heteroatoms. The molecule has 0 radical (unpaired) electrons. The molecule has 1 spiro atoms. The van der Waals surface area contributed by atoms with E-state index in [2.05, 4.69) is 6.58 Å². The lowest BCUT2D eigenvalue weighted by Crippen LogP contribution is -2.57. The Kier molecular flexibility index (Phi) is 7.98. The molecule has 8 nitrogen and oxygen atoms in total. The number of amides is 2. The molecule has 3 heterocycles. The van der Waals surface area contributed by atoms with E-state index >= 15 is 0 Å². The molecule has 2 bridgehead atoms. The third-order valence-electron chi connectivity index (χ3n) is 7.13. The summed E-state index contributed by atoms with van der Waals surface area (Å²) in [6.45, 7) is 10.6. The molecule has 0 aliphatic carbocycles. The van der Waals surface area contributed by atoms with Gasteiger partial charge in [0.15, 0.2) is 0 Å². The molecule has 1 N–H and O–H groups in total. The van der Waals surface area contributed by atoms with E-state index in [0.29, 0.717) is 25.9 Å². The fraction of sp³-hybridized carbons (Fsp3) is 0.792. The molecular weight excluding hydrogens is 412 g/mol. The Bertz CT molecular complexity index is 725.